The highest BCUT2D eigenvalue weighted by Crippen LogP contribution is 2.23. The van der Waals surface area contributed by atoms with Crippen LogP contribution in [-0.2, 0) is 11.3 Å². The van der Waals surface area contributed by atoms with Gasteiger partial charge in [-0.2, -0.15) is 5.10 Å². The SMILES string of the molecule is CC(c1cccc(Cl)c1)N(C=O)Cc1cnn(C(C)C)c1. The summed E-state index contributed by atoms with van der Waals surface area (Å²) >= 11 is 6.01. The van der Waals surface area contributed by atoms with Crippen LogP contribution in [0.4, 0.5) is 0 Å². The van der Waals surface area contributed by atoms with Crippen LogP contribution in [0.5, 0.6) is 0 Å². The van der Waals surface area contributed by atoms with Gasteiger partial charge in [0.25, 0.3) is 0 Å². The Morgan fingerprint density at radius 1 is 1.38 bits per heavy atom. The standard InChI is InChI=1S/C16H20ClN3O/c1-12(2)20-10-14(8-18-20)9-19(11-21)13(3)15-5-4-6-16(17)7-15/h4-8,10-13H,9H2,1-3H3. The summed E-state index contributed by atoms with van der Waals surface area (Å²) in [5.41, 5.74) is 2.04. The molecule has 0 spiro atoms. The number of carbonyl (C=O) groups is 1. The molecule has 2 aromatic rings. The number of hydrogen-bond acceptors (Lipinski definition) is 2. The van der Waals surface area contributed by atoms with Crippen molar-refractivity contribution in [1.82, 2.24) is 14.7 Å². The number of halogens is 1. The van der Waals surface area contributed by atoms with Crippen LogP contribution in [0.25, 0.3) is 0 Å². The molecule has 0 N–H and O–H groups in total. The van der Waals surface area contributed by atoms with Crippen molar-refractivity contribution in [2.45, 2.75) is 39.4 Å². The van der Waals surface area contributed by atoms with E-state index in [9.17, 15) is 4.79 Å². The third-order valence-electron chi connectivity index (χ3n) is 3.51. The van der Waals surface area contributed by atoms with Crippen molar-refractivity contribution in [2.75, 3.05) is 0 Å². The molecule has 5 heteroatoms. The van der Waals surface area contributed by atoms with Gasteiger partial charge in [0.05, 0.1) is 12.2 Å². The fourth-order valence-electron chi connectivity index (χ4n) is 2.18. The van der Waals surface area contributed by atoms with Crippen LogP contribution < -0.4 is 0 Å². The number of benzene rings is 1. The largest absolute Gasteiger partial charge is 0.334 e. The van der Waals surface area contributed by atoms with Gasteiger partial charge in [-0.3, -0.25) is 9.48 Å². The Morgan fingerprint density at radius 2 is 2.14 bits per heavy atom. The van der Waals surface area contributed by atoms with Crippen LogP contribution in [0, 0.1) is 0 Å². The van der Waals surface area contributed by atoms with Crippen molar-refractivity contribution in [1.29, 1.82) is 0 Å². The molecule has 21 heavy (non-hydrogen) atoms. The summed E-state index contributed by atoms with van der Waals surface area (Å²) in [6, 6.07) is 7.87. The summed E-state index contributed by atoms with van der Waals surface area (Å²) in [6.07, 6.45) is 4.66. The van der Waals surface area contributed by atoms with Gasteiger partial charge in [-0.15, -0.1) is 0 Å². The summed E-state index contributed by atoms with van der Waals surface area (Å²) in [5.74, 6) is 0. The molecule has 1 heterocycles. The van der Waals surface area contributed by atoms with Gasteiger partial charge in [0.2, 0.25) is 6.41 Å². The van der Waals surface area contributed by atoms with Gasteiger partial charge in [0, 0.05) is 29.4 Å². The van der Waals surface area contributed by atoms with Crippen LogP contribution >= 0.6 is 11.6 Å². The lowest BCUT2D eigenvalue weighted by atomic mass is 10.1. The highest BCUT2D eigenvalue weighted by Gasteiger charge is 2.15. The summed E-state index contributed by atoms with van der Waals surface area (Å²) in [4.78, 5) is 13.2. The molecule has 0 saturated heterocycles. The first-order valence-corrected chi connectivity index (χ1v) is 7.38. The minimum Gasteiger partial charge on any atom is -0.334 e. The molecule has 1 atom stereocenters. The summed E-state index contributed by atoms with van der Waals surface area (Å²) in [7, 11) is 0. The number of carbonyl (C=O) groups excluding carboxylic acids is 1. The lowest BCUT2D eigenvalue weighted by molar-refractivity contribution is -0.120. The van der Waals surface area contributed by atoms with Crippen molar-refractivity contribution < 1.29 is 4.79 Å². The minimum atomic E-state index is -0.0383. The van der Waals surface area contributed by atoms with Crippen molar-refractivity contribution in [3.05, 3.63) is 52.8 Å². The molecule has 0 bridgehead atoms. The lowest BCUT2D eigenvalue weighted by Crippen LogP contribution is -2.24. The van der Waals surface area contributed by atoms with E-state index in [0.717, 1.165) is 17.5 Å². The van der Waals surface area contributed by atoms with Crippen molar-refractivity contribution >= 4 is 18.0 Å². The van der Waals surface area contributed by atoms with E-state index < -0.39 is 0 Å². The Labute approximate surface area is 130 Å². The number of nitrogens with zero attached hydrogens (tertiary/aromatic N) is 3. The Kier molecular flexibility index (Phi) is 5.02. The van der Waals surface area contributed by atoms with E-state index in [4.69, 9.17) is 11.6 Å². The Balaban J connectivity index is 2.13. The Hall–Kier alpha value is -1.81. The zero-order chi connectivity index (χ0) is 15.4. The summed E-state index contributed by atoms with van der Waals surface area (Å²) in [6.45, 7) is 6.67. The topological polar surface area (TPSA) is 38.1 Å². The van der Waals surface area contributed by atoms with E-state index in [1.54, 1.807) is 11.1 Å². The smallest absolute Gasteiger partial charge is 0.210 e. The molecule has 0 aliphatic carbocycles. The second-order valence-electron chi connectivity index (χ2n) is 5.43. The molecule has 0 saturated carbocycles. The van der Waals surface area contributed by atoms with E-state index in [1.807, 2.05) is 42.1 Å². The number of rotatable bonds is 6. The van der Waals surface area contributed by atoms with Crippen molar-refractivity contribution in [3.63, 3.8) is 0 Å². The van der Waals surface area contributed by atoms with Gasteiger partial charge >= 0.3 is 0 Å². The van der Waals surface area contributed by atoms with E-state index in [2.05, 4.69) is 18.9 Å². The zero-order valence-electron chi connectivity index (χ0n) is 12.5. The molecular formula is C16H20ClN3O. The predicted molar refractivity (Wildman–Crippen MR) is 84.1 cm³/mol. The second kappa shape index (κ2) is 6.76. The highest BCUT2D eigenvalue weighted by atomic mass is 35.5. The molecular weight excluding hydrogens is 286 g/mol. The van der Waals surface area contributed by atoms with E-state index in [0.29, 0.717) is 17.6 Å². The number of hydrogen-bond donors (Lipinski definition) is 0. The van der Waals surface area contributed by atoms with Gasteiger partial charge in [-0.25, -0.2) is 0 Å². The molecule has 1 aromatic carbocycles. The molecule has 0 fully saturated rings. The first-order chi connectivity index (χ1) is 10.0. The van der Waals surface area contributed by atoms with Crippen LogP contribution in [0.3, 0.4) is 0 Å². The maximum atomic E-state index is 11.4. The quantitative estimate of drug-likeness (QED) is 0.761. The molecule has 4 nitrogen and oxygen atoms in total. The zero-order valence-corrected chi connectivity index (χ0v) is 13.3. The fourth-order valence-corrected chi connectivity index (χ4v) is 2.37. The van der Waals surface area contributed by atoms with Gasteiger partial charge in [-0.05, 0) is 38.5 Å². The van der Waals surface area contributed by atoms with Crippen LogP contribution in [0.2, 0.25) is 5.02 Å². The first-order valence-electron chi connectivity index (χ1n) is 7.00. The van der Waals surface area contributed by atoms with Gasteiger partial charge in [0.1, 0.15) is 0 Å². The van der Waals surface area contributed by atoms with Crippen LogP contribution in [-0.4, -0.2) is 21.1 Å². The van der Waals surface area contributed by atoms with E-state index in [-0.39, 0.29) is 6.04 Å². The minimum absolute atomic E-state index is 0.0383. The molecule has 1 aromatic heterocycles. The van der Waals surface area contributed by atoms with Gasteiger partial charge < -0.3 is 4.90 Å². The molecule has 1 unspecified atom stereocenters. The second-order valence-corrected chi connectivity index (χ2v) is 5.87. The van der Waals surface area contributed by atoms with Crippen LogP contribution in [0.1, 0.15) is 44.0 Å². The maximum absolute atomic E-state index is 11.4. The Morgan fingerprint density at radius 3 is 2.71 bits per heavy atom. The average molecular weight is 306 g/mol. The maximum Gasteiger partial charge on any atom is 0.210 e. The number of amides is 1. The molecule has 0 radical (unpaired) electrons. The molecule has 112 valence electrons. The van der Waals surface area contributed by atoms with Crippen molar-refractivity contribution in [3.8, 4) is 0 Å². The van der Waals surface area contributed by atoms with Gasteiger partial charge in [0.15, 0.2) is 0 Å². The molecule has 1 amide bonds. The van der Waals surface area contributed by atoms with E-state index in [1.165, 1.54) is 0 Å². The summed E-state index contributed by atoms with van der Waals surface area (Å²) < 4.78 is 1.89. The predicted octanol–water partition coefficient (Wildman–Crippen LogP) is 3.84. The van der Waals surface area contributed by atoms with Crippen LogP contribution in [0.15, 0.2) is 36.7 Å². The lowest BCUT2D eigenvalue weighted by Gasteiger charge is -2.25. The van der Waals surface area contributed by atoms with Crippen molar-refractivity contribution in [2.24, 2.45) is 0 Å². The van der Waals surface area contributed by atoms with Gasteiger partial charge in [-0.1, -0.05) is 23.7 Å². The van der Waals surface area contributed by atoms with E-state index >= 15 is 0 Å². The molecule has 0 aliphatic rings. The first kappa shape index (κ1) is 15.6. The third-order valence-corrected chi connectivity index (χ3v) is 3.75. The monoisotopic (exact) mass is 305 g/mol. The molecule has 0 aliphatic heterocycles. The normalized spacial score (nSPS) is 12.4. The average Bonchev–Trinajstić information content (AvgIpc) is 2.93. The highest BCUT2D eigenvalue weighted by molar-refractivity contribution is 6.30. The summed E-state index contributed by atoms with van der Waals surface area (Å²) in [5, 5.41) is 4.98. The fraction of sp³-hybridized carbons (Fsp3) is 0.375. The third kappa shape index (κ3) is 3.85. The Bertz CT molecular complexity index is 609. The molecule has 2 rings (SSSR count). The number of aromatic nitrogens is 2.